The maximum Gasteiger partial charge on any atom is 0.147 e. The van der Waals surface area contributed by atoms with Gasteiger partial charge in [0.2, 0.25) is 0 Å². The van der Waals surface area contributed by atoms with Crippen LogP contribution in [0, 0.1) is 19.8 Å². The van der Waals surface area contributed by atoms with Gasteiger partial charge in [0.05, 0.1) is 42.9 Å². The third-order valence-electron chi connectivity index (χ3n) is 6.03. The predicted octanol–water partition coefficient (Wildman–Crippen LogP) is 3.46. The van der Waals surface area contributed by atoms with E-state index in [0.29, 0.717) is 5.92 Å². The molecule has 1 aliphatic heterocycles. The predicted molar refractivity (Wildman–Crippen MR) is 126 cm³/mol. The molecule has 1 saturated heterocycles. The Morgan fingerprint density at radius 3 is 2.82 bits per heavy atom. The van der Waals surface area contributed by atoms with Crippen LogP contribution in [-0.2, 0) is 6.54 Å². The minimum atomic E-state index is 0.483. The first-order valence-electron chi connectivity index (χ1n) is 11.2. The number of ether oxygens (including phenoxy) is 1. The van der Waals surface area contributed by atoms with Crippen molar-refractivity contribution >= 4 is 5.82 Å². The largest absolute Gasteiger partial charge is 0.495 e. The molecule has 0 saturated carbocycles. The van der Waals surface area contributed by atoms with Gasteiger partial charge in [-0.1, -0.05) is 11.3 Å². The Bertz CT molecular complexity index is 1250. The molecule has 1 fully saturated rings. The van der Waals surface area contributed by atoms with E-state index in [9.17, 15) is 0 Å². The lowest BCUT2D eigenvalue weighted by Gasteiger charge is -2.33. The van der Waals surface area contributed by atoms with Gasteiger partial charge >= 0.3 is 0 Å². The van der Waals surface area contributed by atoms with Crippen LogP contribution >= 0.6 is 0 Å². The van der Waals surface area contributed by atoms with Gasteiger partial charge in [-0.25, -0.2) is 9.97 Å². The quantitative estimate of drug-likeness (QED) is 0.450. The second kappa shape index (κ2) is 9.01. The molecule has 4 aromatic rings. The van der Waals surface area contributed by atoms with Crippen LogP contribution in [0.2, 0.25) is 0 Å². The maximum atomic E-state index is 5.64. The van der Waals surface area contributed by atoms with Crippen molar-refractivity contribution in [3.05, 3.63) is 60.7 Å². The fraction of sp³-hybridized carbons (Fsp3) is 0.375. The number of imidazole rings is 1. The van der Waals surface area contributed by atoms with E-state index in [2.05, 4.69) is 30.2 Å². The highest BCUT2D eigenvalue weighted by Crippen LogP contribution is 2.29. The van der Waals surface area contributed by atoms with Crippen LogP contribution in [-0.4, -0.2) is 54.7 Å². The molecular formula is C24H28N8O. The molecule has 170 valence electrons. The van der Waals surface area contributed by atoms with Crippen LogP contribution in [0.15, 0.2) is 49.3 Å². The molecule has 4 heterocycles. The van der Waals surface area contributed by atoms with Crippen molar-refractivity contribution in [1.82, 2.24) is 34.5 Å². The molecule has 1 atom stereocenters. The van der Waals surface area contributed by atoms with Gasteiger partial charge in [0.1, 0.15) is 17.3 Å². The van der Waals surface area contributed by atoms with E-state index >= 15 is 0 Å². The third kappa shape index (κ3) is 4.57. The number of anilines is 1. The number of rotatable bonds is 6. The van der Waals surface area contributed by atoms with Crippen molar-refractivity contribution in [1.29, 1.82) is 0 Å². The lowest BCUT2D eigenvalue weighted by molar-refractivity contribution is 0.347. The zero-order chi connectivity index (χ0) is 22.8. The molecule has 33 heavy (non-hydrogen) atoms. The van der Waals surface area contributed by atoms with E-state index in [1.54, 1.807) is 19.6 Å². The SMILES string of the molecule is COc1cc(-c2cn(CC3CCCN(c4cncc(C)n4)C3)nn2)ccc1-n1cnc(C)c1. The zero-order valence-electron chi connectivity index (χ0n) is 19.2. The fourth-order valence-corrected chi connectivity index (χ4v) is 4.41. The minimum absolute atomic E-state index is 0.483. The first kappa shape index (κ1) is 21.1. The summed E-state index contributed by atoms with van der Waals surface area (Å²) in [4.78, 5) is 15.6. The molecule has 9 heteroatoms. The first-order valence-corrected chi connectivity index (χ1v) is 11.2. The molecular weight excluding hydrogens is 416 g/mol. The van der Waals surface area contributed by atoms with Crippen LogP contribution in [0.4, 0.5) is 5.82 Å². The fourth-order valence-electron chi connectivity index (χ4n) is 4.41. The standard InChI is InChI=1S/C24H28N8O/c1-17-10-25-11-24(27-17)30-8-4-5-19(13-30)14-32-15-21(28-29-32)20-6-7-22(23(9-20)33-3)31-12-18(2)26-16-31/h6-7,9-12,15-16,19H,4-5,8,13-14H2,1-3H3. The normalized spacial score (nSPS) is 16.2. The first-order chi connectivity index (χ1) is 16.1. The van der Waals surface area contributed by atoms with Crippen molar-refractivity contribution in [2.24, 2.45) is 5.92 Å². The molecule has 0 spiro atoms. The third-order valence-corrected chi connectivity index (χ3v) is 6.03. The number of methoxy groups -OCH3 is 1. The maximum absolute atomic E-state index is 5.64. The molecule has 0 amide bonds. The van der Waals surface area contributed by atoms with Crippen molar-refractivity contribution in [2.45, 2.75) is 33.2 Å². The lowest BCUT2D eigenvalue weighted by atomic mass is 9.98. The average Bonchev–Trinajstić information content (AvgIpc) is 3.48. The number of aryl methyl sites for hydroxylation is 2. The van der Waals surface area contributed by atoms with Gasteiger partial charge in [0.25, 0.3) is 0 Å². The van der Waals surface area contributed by atoms with E-state index in [0.717, 1.165) is 72.4 Å². The number of benzene rings is 1. The zero-order valence-corrected chi connectivity index (χ0v) is 19.2. The lowest BCUT2D eigenvalue weighted by Crippen LogP contribution is -2.37. The van der Waals surface area contributed by atoms with E-state index in [-0.39, 0.29) is 0 Å². The van der Waals surface area contributed by atoms with Gasteiger partial charge in [-0.15, -0.1) is 5.10 Å². The molecule has 1 aliphatic rings. The summed E-state index contributed by atoms with van der Waals surface area (Å²) >= 11 is 0. The van der Waals surface area contributed by atoms with Gasteiger partial charge in [-0.2, -0.15) is 0 Å². The van der Waals surface area contributed by atoms with E-state index < -0.39 is 0 Å². The van der Waals surface area contributed by atoms with E-state index in [1.807, 2.05) is 59.9 Å². The topological polar surface area (TPSA) is 86.8 Å². The van der Waals surface area contributed by atoms with Crippen LogP contribution < -0.4 is 9.64 Å². The summed E-state index contributed by atoms with van der Waals surface area (Å²) in [6.45, 7) is 6.73. The molecule has 0 radical (unpaired) electrons. The van der Waals surface area contributed by atoms with Crippen molar-refractivity contribution in [3.8, 4) is 22.7 Å². The van der Waals surface area contributed by atoms with Crippen LogP contribution in [0.1, 0.15) is 24.2 Å². The van der Waals surface area contributed by atoms with Crippen molar-refractivity contribution in [2.75, 3.05) is 25.1 Å². The molecule has 1 unspecified atom stereocenters. The van der Waals surface area contributed by atoms with E-state index in [1.165, 1.54) is 0 Å². The highest BCUT2D eigenvalue weighted by atomic mass is 16.5. The van der Waals surface area contributed by atoms with Crippen LogP contribution in [0.25, 0.3) is 16.9 Å². The van der Waals surface area contributed by atoms with Gasteiger partial charge < -0.3 is 14.2 Å². The molecule has 1 aromatic carbocycles. The Kier molecular flexibility index (Phi) is 5.77. The molecule has 0 aliphatic carbocycles. The van der Waals surface area contributed by atoms with Gasteiger partial charge in [0.15, 0.2) is 0 Å². The van der Waals surface area contributed by atoms with Gasteiger partial charge in [-0.3, -0.25) is 9.67 Å². The van der Waals surface area contributed by atoms with E-state index in [4.69, 9.17) is 4.74 Å². The highest BCUT2D eigenvalue weighted by molar-refractivity contribution is 5.64. The second-order valence-electron chi connectivity index (χ2n) is 8.61. The number of nitrogens with zero attached hydrogens (tertiary/aromatic N) is 8. The van der Waals surface area contributed by atoms with Crippen LogP contribution in [0.3, 0.4) is 0 Å². The minimum Gasteiger partial charge on any atom is -0.495 e. The Balaban J connectivity index is 1.30. The summed E-state index contributed by atoms with van der Waals surface area (Å²) in [6, 6.07) is 6.06. The van der Waals surface area contributed by atoms with Crippen molar-refractivity contribution < 1.29 is 4.74 Å². The number of piperidine rings is 1. The number of hydrogen-bond acceptors (Lipinski definition) is 7. The Hall–Kier alpha value is -3.75. The summed E-state index contributed by atoms with van der Waals surface area (Å²) in [5, 5.41) is 8.83. The molecule has 0 N–H and O–H groups in total. The molecule has 3 aromatic heterocycles. The summed E-state index contributed by atoms with van der Waals surface area (Å²) in [6.07, 6.45) is 11.7. The van der Waals surface area contributed by atoms with Gasteiger partial charge in [-0.05, 0) is 44.7 Å². The van der Waals surface area contributed by atoms with Crippen molar-refractivity contribution in [3.63, 3.8) is 0 Å². The summed E-state index contributed by atoms with van der Waals surface area (Å²) in [5.41, 5.74) is 4.65. The highest BCUT2D eigenvalue weighted by Gasteiger charge is 2.22. The summed E-state index contributed by atoms with van der Waals surface area (Å²) in [7, 11) is 1.68. The van der Waals surface area contributed by atoms with Crippen LogP contribution in [0.5, 0.6) is 5.75 Å². The number of aromatic nitrogens is 7. The summed E-state index contributed by atoms with van der Waals surface area (Å²) in [5.74, 6) is 2.21. The summed E-state index contributed by atoms with van der Waals surface area (Å²) < 4.78 is 9.55. The second-order valence-corrected chi connectivity index (χ2v) is 8.61. The molecule has 0 bridgehead atoms. The Morgan fingerprint density at radius 2 is 2.03 bits per heavy atom. The number of hydrogen-bond donors (Lipinski definition) is 0. The monoisotopic (exact) mass is 444 g/mol. The molecule has 9 nitrogen and oxygen atoms in total. The Morgan fingerprint density at radius 1 is 1.12 bits per heavy atom. The molecule has 5 rings (SSSR count). The van der Waals surface area contributed by atoms with Gasteiger partial charge in [0, 0.05) is 37.6 Å². The Labute approximate surface area is 193 Å². The smallest absolute Gasteiger partial charge is 0.147 e. The average molecular weight is 445 g/mol.